The van der Waals surface area contributed by atoms with Crippen LogP contribution < -0.4 is 0 Å². The highest BCUT2D eigenvalue weighted by Gasteiger charge is 2.53. The molecule has 12 rings (SSSR count). The summed E-state index contributed by atoms with van der Waals surface area (Å²) in [4.78, 5) is 15.0. The van der Waals surface area contributed by atoms with Gasteiger partial charge in [-0.15, -0.1) is 0 Å². The number of carbonyl (C=O) groups excluding carboxylic acids is 1. The smallest absolute Gasteiger partial charge is 0.193 e. The number of carbonyl (C=O) groups is 1. The fraction of sp³-hybridized carbons (Fsp3) is 0.0577. The van der Waals surface area contributed by atoms with Crippen molar-refractivity contribution < 1.29 is 4.79 Å². The van der Waals surface area contributed by atoms with Gasteiger partial charge in [0, 0.05) is 11.1 Å². The second-order valence-electron chi connectivity index (χ2n) is 14.9. The second-order valence-corrected chi connectivity index (χ2v) is 14.9. The molecule has 246 valence electrons. The number of fused-ring (bicyclic) bond motifs is 19. The van der Waals surface area contributed by atoms with Gasteiger partial charge in [-0.25, -0.2) is 0 Å². The number of rotatable bonds is 2. The standard InChI is InChI=1S/C52H32O/c53-50(33-27-29-41-39-19-8-13-25-47(39)52(49(41)31-33)45-23-11-6-17-36(45)37-18-7-12-24-46(37)52)32-26-28-40-38-14-2-1-3-20-42(38)51(48(40)30-32)43-21-9-4-15-34(43)35-16-5-10-22-44(35)51/h2-31H,1H2. The molecule has 5 aliphatic carbocycles. The van der Waals surface area contributed by atoms with E-state index < -0.39 is 10.8 Å². The van der Waals surface area contributed by atoms with Crippen molar-refractivity contribution in [3.8, 4) is 33.4 Å². The van der Waals surface area contributed by atoms with E-state index in [1.807, 2.05) is 6.07 Å². The van der Waals surface area contributed by atoms with Gasteiger partial charge in [-0.2, -0.15) is 0 Å². The number of hydrogen-bond donors (Lipinski definition) is 0. The van der Waals surface area contributed by atoms with Crippen molar-refractivity contribution in [2.75, 3.05) is 0 Å². The van der Waals surface area contributed by atoms with Crippen LogP contribution in [0.25, 0.3) is 39.0 Å². The van der Waals surface area contributed by atoms with Crippen molar-refractivity contribution in [2.24, 2.45) is 0 Å². The molecule has 0 aliphatic heterocycles. The number of benzene rings is 7. The van der Waals surface area contributed by atoms with E-state index in [0.29, 0.717) is 11.1 Å². The molecule has 5 aliphatic rings. The van der Waals surface area contributed by atoms with Crippen LogP contribution in [-0.2, 0) is 10.8 Å². The maximum Gasteiger partial charge on any atom is 0.193 e. The molecule has 0 saturated carbocycles. The maximum atomic E-state index is 15.0. The van der Waals surface area contributed by atoms with Crippen molar-refractivity contribution in [1.82, 2.24) is 0 Å². The Kier molecular flexibility index (Phi) is 5.63. The van der Waals surface area contributed by atoms with E-state index in [1.54, 1.807) is 0 Å². The Morgan fingerprint density at radius 2 is 0.755 bits per heavy atom. The zero-order valence-electron chi connectivity index (χ0n) is 28.9. The van der Waals surface area contributed by atoms with Crippen LogP contribution in [0.5, 0.6) is 0 Å². The summed E-state index contributed by atoms with van der Waals surface area (Å²) in [6.07, 6.45) is 10.1. The van der Waals surface area contributed by atoms with Gasteiger partial charge in [0.2, 0.25) is 0 Å². The molecule has 0 amide bonds. The van der Waals surface area contributed by atoms with E-state index in [0.717, 1.165) is 6.42 Å². The van der Waals surface area contributed by atoms with E-state index in [9.17, 15) is 0 Å². The quantitative estimate of drug-likeness (QED) is 0.167. The summed E-state index contributed by atoms with van der Waals surface area (Å²) in [5.41, 5.74) is 20.4. The molecular formula is C52H32O. The van der Waals surface area contributed by atoms with Gasteiger partial charge in [-0.1, -0.05) is 170 Å². The molecule has 0 aromatic heterocycles. The summed E-state index contributed by atoms with van der Waals surface area (Å²) in [6.45, 7) is 0. The van der Waals surface area contributed by atoms with Crippen LogP contribution >= 0.6 is 0 Å². The summed E-state index contributed by atoms with van der Waals surface area (Å²) in [7, 11) is 0. The van der Waals surface area contributed by atoms with Crippen LogP contribution in [0, 0.1) is 0 Å². The number of hydrogen-bond acceptors (Lipinski definition) is 1. The summed E-state index contributed by atoms with van der Waals surface area (Å²) in [5, 5.41) is 0. The van der Waals surface area contributed by atoms with Crippen LogP contribution in [0.2, 0.25) is 0 Å². The largest absolute Gasteiger partial charge is 0.289 e. The Bertz CT molecular complexity index is 2780. The van der Waals surface area contributed by atoms with E-state index in [4.69, 9.17) is 0 Å². The maximum absolute atomic E-state index is 15.0. The van der Waals surface area contributed by atoms with E-state index in [-0.39, 0.29) is 5.78 Å². The molecule has 1 heteroatoms. The van der Waals surface area contributed by atoms with E-state index >= 15 is 4.79 Å². The molecule has 0 unspecified atom stereocenters. The number of ketones is 1. The average Bonchev–Trinajstić information content (AvgIpc) is 3.81. The topological polar surface area (TPSA) is 17.1 Å². The molecule has 1 nitrogen and oxygen atoms in total. The van der Waals surface area contributed by atoms with Crippen LogP contribution in [0.3, 0.4) is 0 Å². The van der Waals surface area contributed by atoms with Crippen molar-refractivity contribution in [1.29, 1.82) is 0 Å². The summed E-state index contributed by atoms with van der Waals surface area (Å²) in [6, 6.07) is 57.1. The summed E-state index contributed by atoms with van der Waals surface area (Å²) in [5.74, 6) is 0.0455. The van der Waals surface area contributed by atoms with Crippen molar-refractivity contribution in [2.45, 2.75) is 17.3 Å². The molecule has 53 heavy (non-hydrogen) atoms. The molecule has 0 bridgehead atoms. The predicted octanol–water partition coefficient (Wildman–Crippen LogP) is 11.9. The third-order valence-electron chi connectivity index (χ3n) is 12.7. The van der Waals surface area contributed by atoms with Gasteiger partial charge >= 0.3 is 0 Å². The molecule has 7 aromatic carbocycles. The van der Waals surface area contributed by atoms with E-state index in [2.05, 4.69) is 176 Å². The van der Waals surface area contributed by atoms with Gasteiger partial charge in [0.25, 0.3) is 0 Å². The molecule has 0 radical (unpaired) electrons. The minimum absolute atomic E-state index is 0.0455. The average molecular weight is 673 g/mol. The first-order valence-corrected chi connectivity index (χ1v) is 18.6. The molecule has 0 N–H and O–H groups in total. The first-order valence-electron chi connectivity index (χ1n) is 18.6. The van der Waals surface area contributed by atoms with Crippen molar-refractivity contribution in [3.63, 3.8) is 0 Å². The molecule has 0 atom stereocenters. The van der Waals surface area contributed by atoms with Gasteiger partial charge in [0.15, 0.2) is 5.78 Å². The molecular weight excluding hydrogens is 641 g/mol. The van der Waals surface area contributed by atoms with Gasteiger partial charge in [-0.3, -0.25) is 4.79 Å². The zero-order chi connectivity index (χ0) is 34.9. The van der Waals surface area contributed by atoms with E-state index in [1.165, 1.54) is 89.0 Å². The lowest BCUT2D eigenvalue weighted by Crippen LogP contribution is -2.27. The normalized spacial score (nSPS) is 16.4. The Balaban J connectivity index is 1.07. The molecule has 0 heterocycles. The van der Waals surface area contributed by atoms with Crippen LogP contribution in [0.15, 0.2) is 188 Å². The number of allylic oxidation sites excluding steroid dienone is 6. The summed E-state index contributed by atoms with van der Waals surface area (Å²) >= 11 is 0. The second kappa shape index (κ2) is 10.3. The monoisotopic (exact) mass is 672 g/mol. The summed E-state index contributed by atoms with van der Waals surface area (Å²) < 4.78 is 0. The van der Waals surface area contributed by atoms with Crippen LogP contribution in [0.4, 0.5) is 0 Å². The Morgan fingerprint density at radius 1 is 0.377 bits per heavy atom. The first-order chi connectivity index (χ1) is 26.2. The third-order valence-corrected chi connectivity index (χ3v) is 12.7. The highest BCUT2D eigenvalue weighted by Crippen LogP contribution is 2.64. The fourth-order valence-corrected chi connectivity index (χ4v) is 10.8. The van der Waals surface area contributed by atoms with Gasteiger partial charge in [0.05, 0.1) is 10.8 Å². The third kappa shape index (κ3) is 3.41. The highest BCUT2D eigenvalue weighted by atomic mass is 16.1. The van der Waals surface area contributed by atoms with Gasteiger partial charge in [0.1, 0.15) is 0 Å². The fourth-order valence-electron chi connectivity index (χ4n) is 10.8. The highest BCUT2D eigenvalue weighted by molar-refractivity contribution is 6.11. The Morgan fingerprint density at radius 3 is 1.25 bits per heavy atom. The lowest BCUT2D eigenvalue weighted by molar-refractivity contribution is 0.103. The molecule has 0 fully saturated rings. The van der Waals surface area contributed by atoms with Crippen LogP contribution in [0.1, 0.15) is 66.8 Å². The molecule has 2 spiro atoms. The zero-order valence-corrected chi connectivity index (χ0v) is 28.9. The minimum Gasteiger partial charge on any atom is -0.289 e. The predicted molar refractivity (Wildman–Crippen MR) is 214 cm³/mol. The SMILES string of the molecule is O=C(c1ccc2c(c1)C1(C3=C2C=CCC=C3)c2ccccc2-c2ccccc21)c1ccc2c(c1)C1(c3ccccc3-c3ccccc31)c1ccccc1-2. The Labute approximate surface area is 308 Å². The molecule has 0 saturated heterocycles. The first kappa shape index (κ1) is 29.1. The van der Waals surface area contributed by atoms with Gasteiger partial charge in [-0.05, 0) is 108 Å². The Hall–Kier alpha value is -6.57. The van der Waals surface area contributed by atoms with Crippen molar-refractivity contribution in [3.05, 3.63) is 243 Å². The minimum atomic E-state index is -0.500. The van der Waals surface area contributed by atoms with Gasteiger partial charge < -0.3 is 0 Å². The lowest BCUT2D eigenvalue weighted by atomic mass is 9.69. The molecule has 7 aromatic rings. The lowest BCUT2D eigenvalue weighted by Gasteiger charge is -2.32. The van der Waals surface area contributed by atoms with Crippen molar-refractivity contribution >= 4 is 11.4 Å². The van der Waals surface area contributed by atoms with Crippen LogP contribution in [-0.4, -0.2) is 5.78 Å².